The van der Waals surface area contributed by atoms with Gasteiger partial charge in [-0.15, -0.1) is 17.9 Å². The standard InChI is InChI=1S/C13H13NO2S/c1-3-6-14-13(15)12-8-9-7-10(16-2)4-5-11(9)17-12/h3-5,7-8H,1,6H2,2H3,(H,14,15). The molecule has 3 nitrogen and oxygen atoms in total. The molecule has 1 aromatic heterocycles. The molecule has 0 saturated heterocycles. The van der Waals surface area contributed by atoms with Gasteiger partial charge in [-0.1, -0.05) is 6.08 Å². The number of methoxy groups -OCH3 is 1. The molecule has 1 N–H and O–H groups in total. The first kappa shape index (κ1) is 11.7. The summed E-state index contributed by atoms with van der Waals surface area (Å²) in [5.41, 5.74) is 0. The minimum atomic E-state index is -0.0648. The van der Waals surface area contributed by atoms with Crippen molar-refractivity contribution in [2.75, 3.05) is 13.7 Å². The molecule has 4 heteroatoms. The molecule has 1 heterocycles. The first-order chi connectivity index (χ1) is 8.24. The maximum Gasteiger partial charge on any atom is 0.261 e. The van der Waals surface area contributed by atoms with E-state index in [1.165, 1.54) is 11.3 Å². The van der Waals surface area contributed by atoms with Crippen molar-refractivity contribution in [2.45, 2.75) is 0 Å². The van der Waals surface area contributed by atoms with Gasteiger partial charge in [0.1, 0.15) is 5.75 Å². The molecule has 0 aliphatic carbocycles. The molecule has 0 saturated carbocycles. The Balaban J connectivity index is 2.30. The first-order valence-electron chi connectivity index (χ1n) is 5.21. The Morgan fingerprint density at radius 1 is 1.53 bits per heavy atom. The number of ether oxygens (including phenoxy) is 1. The maximum absolute atomic E-state index is 11.7. The van der Waals surface area contributed by atoms with E-state index >= 15 is 0 Å². The van der Waals surface area contributed by atoms with Crippen LogP contribution in [0.5, 0.6) is 5.75 Å². The molecule has 0 radical (unpaired) electrons. The van der Waals surface area contributed by atoms with Crippen molar-refractivity contribution in [2.24, 2.45) is 0 Å². The molecule has 0 bridgehead atoms. The summed E-state index contributed by atoms with van der Waals surface area (Å²) in [6.45, 7) is 4.05. The van der Waals surface area contributed by atoms with Crippen molar-refractivity contribution in [3.05, 3.63) is 41.8 Å². The third kappa shape index (κ3) is 2.47. The van der Waals surface area contributed by atoms with E-state index in [-0.39, 0.29) is 5.91 Å². The predicted molar refractivity (Wildman–Crippen MR) is 70.9 cm³/mol. The fourth-order valence-corrected chi connectivity index (χ4v) is 2.47. The topological polar surface area (TPSA) is 38.3 Å². The van der Waals surface area contributed by atoms with Gasteiger partial charge in [0.25, 0.3) is 5.91 Å². The van der Waals surface area contributed by atoms with Gasteiger partial charge < -0.3 is 10.1 Å². The zero-order valence-corrected chi connectivity index (χ0v) is 10.3. The largest absolute Gasteiger partial charge is 0.497 e. The minimum absolute atomic E-state index is 0.0648. The summed E-state index contributed by atoms with van der Waals surface area (Å²) in [6, 6.07) is 7.66. The molecular formula is C13H13NO2S. The Morgan fingerprint density at radius 3 is 3.06 bits per heavy atom. The summed E-state index contributed by atoms with van der Waals surface area (Å²) in [5.74, 6) is 0.735. The lowest BCUT2D eigenvalue weighted by molar-refractivity contribution is 0.0962. The van der Waals surface area contributed by atoms with Crippen LogP contribution in [-0.2, 0) is 0 Å². The minimum Gasteiger partial charge on any atom is -0.497 e. The van der Waals surface area contributed by atoms with Crippen molar-refractivity contribution >= 4 is 27.3 Å². The van der Waals surface area contributed by atoms with Crippen LogP contribution >= 0.6 is 11.3 Å². The molecule has 0 fully saturated rings. The second kappa shape index (κ2) is 5.01. The highest BCUT2D eigenvalue weighted by Gasteiger charge is 2.09. The van der Waals surface area contributed by atoms with Gasteiger partial charge in [-0.2, -0.15) is 0 Å². The number of hydrogen-bond donors (Lipinski definition) is 1. The molecule has 2 rings (SSSR count). The van der Waals surface area contributed by atoms with E-state index in [1.54, 1.807) is 13.2 Å². The molecule has 17 heavy (non-hydrogen) atoms. The average molecular weight is 247 g/mol. The quantitative estimate of drug-likeness (QED) is 0.844. The Kier molecular flexibility index (Phi) is 3.44. The Morgan fingerprint density at radius 2 is 2.35 bits per heavy atom. The fourth-order valence-electron chi connectivity index (χ4n) is 1.51. The molecule has 88 valence electrons. The van der Waals surface area contributed by atoms with E-state index in [1.807, 2.05) is 24.3 Å². The van der Waals surface area contributed by atoms with Crippen LogP contribution in [0.15, 0.2) is 36.9 Å². The van der Waals surface area contributed by atoms with Gasteiger partial charge >= 0.3 is 0 Å². The van der Waals surface area contributed by atoms with E-state index in [0.717, 1.165) is 15.8 Å². The predicted octanol–water partition coefficient (Wildman–Crippen LogP) is 2.83. The molecule has 0 atom stereocenters. The van der Waals surface area contributed by atoms with Crippen LogP contribution in [0.1, 0.15) is 9.67 Å². The Labute approximate surface area is 104 Å². The number of hydrogen-bond acceptors (Lipinski definition) is 3. The van der Waals surface area contributed by atoms with Crippen LogP contribution in [0.2, 0.25) is 0 Å². The molecule has 2 aromatic rings. The molecule has 1 amide bonds. The highest BCUT2D eigenvalue weighted by atomic mass is 32.1. The van der Waals surface area contributed by atoms with E-state index in [4.69, 9.17) is 4.74 Å². The summed E-state index contributed by atoms with van der Waals surface area (Å²) in [7, 11) is 1.63. The van der Waals surface area contributed by atoms with Gasteiger partial charge in [-0.3, -0.25) is 4.79 Å². The third-order valence-corrected chi connectivity index (χ3v) is 3.47. The molecule has 1 aromatic carbocycles. The summed E-state index contributed by atoms with van der Waals surface area (Å²) < 4.78 is 6.23. The number of nitrogens with one attached hydrogen (secondary N) is 1. The van der Waals surface area contributed by atoms with Crippen LogP contribution in [0, 0.1) is 0 Å². The van der Waals surface area contributed by atoms with Gasteiger partial charge in [-0.25, -0.2) is 0 Å². The number of rotatable bonds is 4. The van der Waals surface area contributed by atoms with Crippen LogP contribution in [0.3, 0.4) is 0 Å². The molecule has 0 aliphatic rings. The summed E-state index contributed by atoms with van der Waals surface area (Å²) in [5, 5.41) is 3.79. The van der Waals surface area contributed by atoms with Crippen LogP contribution in [0.25, 0.3) is 10.1 Å². The number of fused-ring (bicyclic) bond motifs is 1. The Bertz CT molecular complexity index is 560. The molecule has 0 spiro atoms. The smallest absolute Gasteiger partial charge is 0.261 e. The van der Waals surface area contributed by atoms with Gasteiger partial charge in [-0.05, 0) is 29.7 Å². The lowest BCUT2D eigenvalue weighted by Crippen LogP contribution is -2.21. The SMILES string of the molecule is C=CCNC(=O)c1cc2cc(OC)ccc2s1. The van der Waals surface area contributed by atoms with Crippen LogP contribution < -0.4 is 10.1 Å². The number of benzene rings is 1. The molecule has 0 unspecified atom stereocenters. The normalized spacial score (nSPS) is 10.2. The van der Waals surface area contributed by atoms with Crippen molar-refractivity contribution in [1.29, 1.82) is 0 Å². The van der Waals surface area contributed by atoms with Gasteiger partial charge in [0, 0.05) is 11.2 Å². The lowest BCUT2D eigenvalue weighted by Gasteiger charge is -1.97. The zero-order chi connectivity index (χ0) is 12.3. The zero-order valence-electron chi connectivity index (χ0n) is 9.53. The molecular weight excluding hydrogens is 234 g/mol. The molecule has 0 aliphatic heterocycles. The summed E-state index contributed by atoms with van der Waals surface area (Å²) in [4.78, 5) is 12.5. The maximum atomic E-state index is 11.7. The van der Waals surface area contributed by atoms with E-state index in [0.29, 0.717) is 11.4 Å². The highest BCUT2D eigenvalue weighted by molar-refractivity contribution is 7.20. The van der Waals surface area contributed by atoms with Gasteiger partial charge in [0.2, 0.25) is 0 Å². The van der Waals surface area contributed by atoms with E-state index < -0.39 is 0 Å². The van der Waals surface area contributed by atoms with Crippen molar-refractivity contribution in [3.63, 3.8) is 0 Å². The van der Waals surface area contributed by atoms with Crippen molar-refractivity contribution in [3.8, 4) is 5.75 Å². The summed E-state index contributed by atoms with van der Waals surface area (Å²) in [6.07, 6.45) is 1.66. The second-order valence-electron chi connectivity index (χ2n) is 3.51. The Hall–Kier alpha value is -1.81. The van der Waals surface area contributed by atoms with Crippen LogP contribution in [0.4, 0.5) is 0 Å². The monoisotopic (exact) mass is 247 g/mol. The van der Waals surface area contributed by atoms with Crippen molar-refractivity contribution < 1.29 is 9.53 Å². The lowest BCUT2D eigenvalue weighted by atomic mass is 10.2. The fraction of sp³-hybridized carbons (Fsp3) is 0.154. The summed E-state index contributed by atoms with van der Waals surface area (Å²) >= 11 is 1.47. The van der Waals surface area contributed by atoms with E-state index in [2.05, 4.69) is 11.9 Å². The second-order valence-corrected chi connectivity index (χ2v) is 4.60. The van der Waals surface area contributed by atoms with Gasteiger partial charge in [0.15, 0.2) is 0 Å². The van der Waals surface area contributed by atoms with Crippen molar-refractivity contribution in [1.82, 2.24) is 5.32 Å². The van der Waals surface area contributed by atoms with E-state index in [9.17, 15) is 4.79 Å². The third-order valence-electron chi connectivity index (χ3n) is 2.35. The highest BCUT2D eigenvalue weighted by Crippen LogP contribution is 2.28. The number of thiophene rings is 1. The van der Waals surface area contributed by atoms with Gasteiger partial charge in [0.05, 0.1) is 12.0 Å². The van der Waals surface area contributed by atoms with Crippen LogP contribution in [-0.4, -0.2) is 19.6 Å². The first-order valence-corrected chi connectivity index (χ1v) is 6.03. The average Bonchev–Trinajstić information content (AvgIpc) is 2.78. The number of amides is 1. The number of carbonyl (C=O) groups excluding carboxylic acids is 1. The number of carbonyl (C=O) groups is 1.